The fourth-order valence-electron chi connectivity index (χ4n) is 3.90. The fourth-order valence-corrected chi connectivity index (χ4v) is 3.90. The van der Waals surface area contributed by atoms with Gasteiger partial charge in [-0.1, -0.05) is 6.07 Å². The third-order valence-corrected chi connectivity index (χ3v) is 5.34. The molecule has 4 rings (SSSR count). The maximum absolute atomic E-state index is 14.4. The summed E-state index contributed by atoms with van der Waals surface area (Å²) in [6, 6.07) is 6.24. The number of halogens is 1. The minimum atomic E-state index is -0.190. The fraction of sp³-hybridized carbons (Fsp3) is 0.647. The van der Waals surface area contributed by atoms with Crippen LogP contribution < -0.4 is 10.2 Å². The van der Waals surface area contributed by atoms with Crippen LogP contribution in [0.3, 0.4) is 0 Å². The van der Waals surface area contributed by atoms with E-state index >= 15 is 0 Å². The van der Waals surface area contributed by atoms with Crippen LogP contribution in [0.5, 0.6) is 0 Å². The van der Waals surface area contributed by atoms with Gasteiger partial charge >= 0.3 is 0 Å². The molecule has 0 radical (unpaired) electrons. The van der Waals surface area contributed by atoms with Crippen LogP contribution in [-0.2, 0) is 6.54 Å². The first-order valence-corrected chi connectivity index (χ1v) is 8.15. The van der Waals surface area contributed by atoms with Crippen LogP contribution in [-0.4, -0.2) is 30.3 Å². The lowest BCUT2D eigenvalue weighted by molar-refractivity contribution is 0.133. The molecular weight excluding hydrogens is 267 g/mol. The largest absolute Gasteiger partial charge is 0.393 e. The first-order valence-electron chi connectivity index (χ1n) is 8.15. The smallest absolute Gasteiger partial charge is 0.146 e. The van der Waals surface area contributed by atoms with Crippen LogP contribution in [0, 0.1) is 17.7 Å². The molecule has 3 aliphatic rings. The van der Waals surface area contributed by atoms with Crippen molar-refractivity contribution in [3.05, 3.63) is 29.6 Å². The quantitative estimate of drug-likeness (QED) is 0.893. The van der Waals surface area contributed by atoms with Gasteiger partial charge in [-0.2, -0.15) is 0 Å². The van der Waals surface area contributed by atoms with Gasteiger partial charge in [-0.15, -0.1) is 0 Å². The van der Waals surface area contributed by atoms with Crippen molar-refractivity contribution in [1.82, 2.24) is 5.32 Å². The zero-order chi connectivity index (χ0) is 14.4. The van der Waals surface area contributed by atoms with Gasteiger partial charge in [-0.25, -0.2) is 4.39 Å². The summed E-state index contributed by atoms with van der Waals surface area (Å²) < 4.78 is 14.4. The molecule has 0 amide bonds. The Morgan fingerprint density at radius 1 is 1.19 bits per heavy atom. The highest BCUT2D eigenvalue weighted by molar-refractivity contribution is 5.50. The summed E-state index contributed by atoms with van der Waals surface area (Å²) >= 11 is 0. The van der Waals surface area contributed by atoms with Gasteiger partial charge in [0.15, 0.2) is 0 Å². The number of anilines is 1. The second-order valence-electron chi connectivity index (χ2n) is 6.91. The van der Waals surface area contributed by atoms with Gasteiger partial charge in [-0.3, -0.25) is 0 Å². The van der Waals surface area contributed by atoms with Crippen LogP contribution in [0.2, 0.25) is 0 Å². The highest BCUT2D eigenvalue weighted by Crippen LogP contribution is 2.40. The van der Waals surface area contributed by atoms with Crippen LogP contribution in [0.1, 0.15) is 31.2 Å². The van der Waals surface area contributed by atoms with E-state index in [0.29, 0.717) is 23.6 Å². The maximum Gasteiger partial charge on any atom is 0.146 e. The molecule has 1 aromatic rings. The number of aliphatic hydroxyl groups excluding tert-OH is 1. The lowest BCUT2D eigenvalue weighted by Crippen LogP contribution is -2.25. The number of aliphatic hydroxyl groups is 1. The van der Waals surface area contributed by atoms with Gasteiger partial charge in [0.1, 0.15) is 5.82 Å². The van der Waals surface area contributed by atoms with Crippen molar-refractivity contribution in [2.24, 2.45) is 11.8 Å². The number of benzene rings is 1. The molecule has 0 aromatic heterocycles. The van der Waals surface area contributed by atoms with Crippen molar-refractivity contribution in [1.29, 1.82) is 0 Å². The van der Waals surface area contributed by atoms with Crippen molar-refractivity contribution < 1.29 is 9.50 Å². The van der Waals surface area contributed by atoms with E-state index in [2.05, 4.69) is 10.2 Å². The second-order valence-corrected chi connectivity index (χ2v) is 6.91. The van der Waals surface area contributed by atoms with Gasteiger partial charge in [0.05, 0.1) is 11.8 Å². The monoisotopic (exact) mass is 290 g/mol. The first kappa shape index (κ1) is 13.5. The van der Waals surface area contributed by atoms with Gasteiger partial charge in [0.2, 0.25) is 0 Å². The maximum atomic E-state index is 14.4. The zero-order valence-electron chi connectivity index (χ0n) is 12.3. The Morgan fingerprint density at radius 3 is 2.76 bits per heavy atom. The molecule has 0 spiro atoms. The lowest BCUT2D eigenvalue weighted by Gasteiger charge is -2.21. The topological polar surface area (TPSA) is 35.5 Å². The molecule has 3 unspecified atom stereocenters. The van der Waals surface area contributed by atoms with E-state index in [-0.39, 0.29) is 11.9 Å². The van der Waals surface area contributed by atoms with E-state index in [1.165, 1.54) is 12.8 Å². The van der Waals surface area contributed by atoms with E-state index in [4.69, 9.17) is 0 Å². The van der Waals surface area contributed by atoms with Crippen molar-refractivity contribution in [2.45, 2.75) is 44.4 Å². The summed E-state index contributed by atoms with van der Waals surface area (Å²) in [5.74, 6) is 0.746. The number of nitrogens with one attached hydrogen (secondary N) is 1. The normalized spacial score (nSPS) is 31.7. The molecule has 1 saturated heterocycles. The standard InChI is InChI=1S/C17H23FN2O/c18-15-7-11(8-19-13-3-4-13)1-5-16(15)20-9-12-2-6-17(21)14(12)10-20/h1,5,7,12-14,17,19,21H,2-4,6,8-10H2. The summed E-state index contributed by atoms with van der Waals surface area (Å²) in [4.78, 5) is 2.12. The molecule has 3 fully saturated rings. The van der Waals surface area contributed by atoms with Crippen LogP contribution in [0.25, 0.3) is 0 Å². The molecule has 2 aliphatic carbocycles. The zero-order valence-corrected chi connectivity index (χ0v) is 12.3. The Morgan fingerprint density at radius 2 is 2.05 bits per heavy atom. The minimum Gasteiger partial charge on any atom is -0.393 e. The lowest BCUT2D eigenvalue weighted by atomic mass is 10.00. The van der Waals surface area contributed by atoms with Crippen molar-refractivity contribution in [2.75, 3.05) is 18.0 Å². The second kappa shape index (κ2) is 5.25. The van der Waals surface area contributed by atoms with E-state index in [9.17, 15) is 9.50 Å². The van der Waals surface area contributed by atoms with Gasteiger partial charge in [0.25, 0.3) is 0 Å². The highest BCUT2D eigenvalue weighted by Gasteiger charge is 2.42. The van der Waals surface area contributed by atoms with Crippen molar-refractivity contribution >= 4 is 5.69 Å². The Hall–Kier alpha value is -1.13. The Labute approximate surface area is 125 Å². The number of rotatable bonds is 4. The average molecular weight is 290 g/mol. The average Bonchev–Trinajstić information content (AvgIpc) is 3.11. The molecule has 4 heteroatoms. The Balaban J connectivity index is 1.45. The molecule has 3 atom stereocenters. The Bertz CT molecular complexity index is 532. The van der Waals surface area contributed by atoms with E-state index < -0.39 is 0 Å². The molecule has 2 saturated carbocycles. The SMILES string of the molecule is OC1CCC2CN(c3ccc(CNC4CC4)cc3F)CC12. The summed E-state index contributed by atoms with van der Waals surface area (Å²) in [6.45, 7) is 2.44. The minimum absolute atomic E-state index is 0.125. The van der Waals surface area contributed by atoms with Crippen LogP contribution in [0.4, 0.5) is 10.1 Å². The highest BCUT2D eigenvalue weighted by atomic mass is 19.1. The predicted molar refractivity (Wildman–Crippen MR) is 80.7 cm³/mol. The molecule has 3 nitrogen and oxygen atoms in total. The van der Waals surface area contributed by atoms with Crippen LogP contribution in [0.15, 0.2) is 18.2 Å². The summed E-state index contributed by atoms with van der Waals surface area (Å²) in [5.41, 5.74) is 1.72. The van der Waals surface area contributed by atoms with E-state index in [0.717, 1.165) is 38.0 Å². The number of fused-ring (bicyclic) bond motifs is 1. The van der Waals surface area contributed by atoms with Crippen LogP contribution >= 0.6 is 0 Å². The number of nitrogens with zero attached hydrogens (tertiary/aromatic N) is 1. The molecule has 1 aromatic carbocycles. The summed E-state index contributed by atoms with van der Waals surface area (Å²) in [7, 11) is 0. The Kier molecular flexibility index (Phi) is 3.38. The third-order valence-electron chi connectivity index (χ3n) is 5.34. The van der Waals surface area contributed by atoms with Gasteiger partial charge < -0.3 is 15.3 Å². The van der Waals surface area contributed by atoms with Crippen molar-refractivity contribution in [3.63, 3.8) is 0 Å². The van der Waals surface area contributed by atoms with E-state index in [1.54, 1.807) is 6.07 Å². The number of hydrogen-bond acceptors (Lipinski definition) is 3. The molecule has 0 bridgehead atoms. The predicted octanol–water partition coefficient (Wildman–Crippen LogP) is 2.28. The molecular formula is C17H23FN2O. The van der Waals surface area contributed by atoms with Gasteiger partial charge in [-0.05, 0) is 49.3 Å². The molecule has 2 N–H and O–H groups in total. The first-order chi connectivity index (χ1) is 10.2. The molecule has 1 aliphatic heterocycles. The van der Waals surface area contributed by atoms with E-state index in [1.807, 2.05) is 12.1 Å². The number of hydrogen-bond donors (Lipinski definition) is 2. The molecule has 114 valence electrons. The third kappa shape index (κ3) is 2.67. The summed E-state index contributed by atoms with van der Waals surface area (Å²) in [6.07, 6.45) is 4.30. The molecule has 1 heterocycles. The summed E-state index contributed by atoms with van der Waals surface area (Å²) in [5, 5.41) is 13.4. The molecule has 21 heavy (non-hydrogen) atoms. The van der Waals surface area contributed by atoms with Crippen molar-refractivity contribution in [3.8, 4) is 0 Å². The van der Waals surface area contributed by atoms with Gasteiger partial charge in [0, 0.05) is 31.6 Å².